The van der Waals surface area contributed by atoms with Crippen LogP contribution in [0.2, 0.25) is 0 Å². The molecule has 0 saturated carbocycles. The van der Waals surface area contributed by atoms with Gasteiger partial charge >= 0.3 is 5.97 Å². The topological polar surface area (TPSA) is 84.3 Å². The van der Waals surface area contributed by atoms with E-state index in [0.29, 0.717) is 0 Å². The summed E-state index contributed by atoms with van der Waals surface area (Å²) in [4.78, 5) is 15.9. The van der Waals surface area contributed by atoms with E-state index in [1.807, 2.05) is 80.6 Å². The second-order valence-electron chi connectivity index (χ2n) is 10.5. The Bertz CT molecular complexity index is 1550. The largest absolute Gasteiger partial charge is 0.481 e. The van der Waals surface area contributed by atoms with Crippen LogP contribution in [0, 0.1) is 0 Å². The van der Waals surface area contributed by atoms with E-state index in [9.17, 15) is 18.3 Å². The number of carbonyl (C=O) groups is 1. The minimum Gasteiger partial charge on any atom is -0.481 e. The number of carboxylic acid groups (broad SMARTS) is 1. The van der Waals surface area contributed by atoms with Crippen LogP contribution < -0.4 is 0 Å². The maximum absolute atomic E-state index is 12.6. The first-order chi connectivity index (χ1) is 16.8. The number of benzene rings is 3. The molecular formula is C30H31NO4S. The van der Waals surface area contributed by atoms with Crippen molar-refractivity contribution in [2.24, 2.45) is 0 Å². The minimum absolute atomic E-state index is 0.0576. The second-order valence-corrected chi connectivity index (χ2v) is 13.1. The van der Waals surface area contributed by atoms with E-state index < -0.39 is 26.0 Å². The van der Waals surface area contributed by atoms with E-state index in [1.165, 1.54) is 6.26 Å². The Morgan fingerprint density at radius 1 is 0.833 bits per heavy atom. The van der Waals surface area contributed by atoms with Gasteiger partial charge in [-0.25, -0.2) is 8.42 Å². The number of hydrogen-bond acceptors (Lipinski definition) is 4. The highest BCUT2D eigenvalue weighted by atomic mass is 32.2. The molecule has 1 heterocycles. The lowest BCUT2D eigenvalue weighted by Gasteiger charge is -2.24. The third kappa shape index (κ3) is 4.91. The first kappa shape index (κ1) is 25.6. The fourth-order valence-electron chi connectivity index (χ4n) is 4.43. The molecule has 36 heavy (non-hydrogen) atoms. The van der Waals surface area contributed by atoms with E-state index in [1.54, 1.807) is 20.0 Å². The summed E-state index contributed by atoms with van der Waals surface area (Å²) >= 11 is 0. The number of rotatable bonds is 7. The van der Waals surface area contributed by atoms with Crippen LogP contribution >= 0.6 is 0 Å². The maximum Gasteiger partial charge on any atom is 0.304 e. The molecule has 0 bridgehead atoms. The quantitative estimate of drug-likeness (QED) is 0.308. The van der Waals surface area contributed by atoms with Crippen molar-refractivity contribution in [2.75, 3.05) is 6.26 Å². The van der Waals surface area contributed by atoms with Crippen LogP contribution in [0.3, 0.4) is 0 Å². The Morgan fingerprint density at radius 3 is 2.14 bits per heavy atom. The van der Waals surface area contributed by atoms with Crippen LogP contribution in [0.15, 0.2) is 79.0 Å². The highest BCUT2D eigenvalue weighted by Gasteiger charge is 2.33. The molecule has 0 radical (unpaired) electrons. The molecule has 0 spiro atoms. The van der Waals surface area contributed by atoms with Gasteiger partial charge in [0.15, 0.2) is 9.84 Å². The lowest BCUT2D eigenvalue weighted by molar-refractivity contribution is -0.138. The Balaban J connectivity index is 1.81. The molecule has 0 saturated heterocycles. The van der Waals surface area contributed by atoms with Crippen LogP contribution in [0.4, 0.5) is 0 Å². The van der Waals surface area contributed by atoms with Crippen LogP contribution in [0.1, 0.15) is 45.2 Å². The van der Waals surface area contributed by atoms with Crippen molar-refractivity contribution in [3.63, 3.8) is 0 Å². The van der Waals surface area contributed by atoms with Gasteiger partial charge in [-0.3, -0.25) is 9.78 Å². The summed E-state index contributed by atoms with van der Waals surface area (Å²) in [5.74, 6) is -0.820. The molecule has 6 heteroatoms. The van der Waals surface area contributed by atoms with Crippen molar-refractivity contribution in [2.45, 2.75) is 44.3 Å². The smallest absolute Gasteiger partial charge is 0.304 e. The van der Waals surface area contributed by atoms with Crippen molar-refractivity contribution >= 4 is 26.7 Å². The average molecular weight is 502 g/mol. The molecule has 5 nitrogen and oxygen atoms in total. The highest BCUT2D eigenvalue weighted by molar-refractivity contribution is 7.91. The number of fused-ring (bicyclic) bond motifs is 1. The fraction of sp³-hybridized carbons (Fsp3) is 0.267. The molecule has 0 aliphatic rings. The van der Waals surface area contributed by atoms with Crippen LogP contribution in [-0.2, 0) is 24.8 Å². The molecule has 4 rings (SSSR count). The van der Waals surface area contributed by atoms with Crippen molar-refractivity contribution in [1.82, 2.24) is 4.98 Å². The van der Waals surface area contributed by atoms with Gasteiger partial charge < -0.3 is 5.11 Å². The summed E-state index contributed by atoms with van der Waals surface area (Å²) in [6.45, 7) is 7.32. The zero-order chi connectivity index (χ0) is 26.3. The molecule has 0 unspecified atom stereocenters. The molecule has 3 aromatic carbocycles. The van der Waals surface area contributed by atoms with Crippen molar-refractivity contribution in [1.29, 1.82) is 0 Å². The number of hydrogen-bond donors (Lipinski definition) is 1. The third-order valence-corrected chi connectivity index (χ3v) is 9.18. The Morgan fingerprint density at radius 2 is 1.50 bits per heavy atom. The molecule has 0 aliphatic carbocycles. The molecule has 0 fully saturated rings. The predicted octanol–water partition coefficient (Wildman–Crippen LogP) is 6.60. The van der Waals surface area contributed by atoms with Crippen molar-refractivity contribution in [3.8, 4) is 22.3 Å². The van der Waals surface area contributed by atoms with E-state index in [0.717, 1.165) is 44.3 Å². The number of carboxylic acids is 1. The first-order valence-electron chi connectivity index (χ1n) is 11.8. The number of aromatic nitrogens is 1. The molecule has 1 N–H and O–H groups in total. The third-order valence-electron chi connectivity index (χ3n) is 7.09. The maximum atomic E-state index is 12.6. The van der Waals surface area contributed by atoms with Gasteiger partial charge in [-0.2, -0.15) is 0 Å². The van der Waals surface area contributed by atoms with Gasteiger partial charge in [0, 0.05) is 28.8 Å². The number of sulfone groups is 1. The number of nitrogens with zero attached hydrogens (tertiary/aromatic N) is 1. The number of pyridine rings is 1. The van der Waals surface area contributed by atoms with E-state index >= 15 is 0 Å². The normalized spacial score (nSPS) is 12.6. The van der Waals surface area contributed by atoms with Gasteiger partial charge in [0.25, 0.3) is 0 Å². The summed E-state index contributed by atoms with van der Waals surface area (Å²) in [5.41, 5.74) is 5.87. The zero-order valence-corrected chi connectivity index (χ0v) is 22.1. The summed E-state index contributed by atoms with van der Waals surface area (Å²) in [5, 5.41) is 10.1. The molecule has 0 atom stereocenters. The first-order valence-corrected chi connectivity index (χ1v) is 13.7. The standard InChI is InChI=1S/C30H31NO4S/c1-29(2,19-27(32)33)24-13-11-20(12-14-24)21-8-6-9-22(16-21)26-18-25(30(3,4)36(5,34)35)17-23-10-7-15-31-28(23)26/h6-18H,19H2,1-5H3,(H,32,33). The summed E-state index contributed by atoms with van der Waals surface area (Å²) in [6.07, 6.45) is 3.07. The fourth-order valence-corrected chi connectivity index (χ4v) is 4.98. The second kappa shape index (κ2) is 9.17. The van der Waals surface area contributed by atoms with Crippen molar-refractivity contribution < 1.29 is 18.3 Å². The van der Waals surface area contributed by atoms with E-state index in [2.05, 4.69) is 11.1 Å². The molecule has 4 aromatic rings. The van der Waals surface area contributed by atoms with Gasteiger partial charge in [0.2, 0.25) is 0 Å². The molecular weight excluding hydrogens is 470 g/mol. The highest BCUT2D eigenvalue weighted by Crippen LogP contribution is 2.37. The average Bonchev–Trinajstić information content (AvgIpc) is 2.82. The Kier molecular flexibility index (Phi) is 6.52. The SMILES string of the molecule is CC(C)(CC(=O)O)c1ccc(-c2cccc(-c3cc(C(C)(C)S(C)(=O)=O)cc4cccnc34)c2)cc1. The van der Waals surface area contributed by atoms with Gasteiger partial charge in [0.1, 0.15) is 0 Å². The Hall–Kier alpha value is -3.51. The van der Waals surface area contributed by atoms with Gasteiger partial charge in [-0.15, -0.1) is 0 Å². The van der Waals surface area contributed by atoms with Gasteiger partial charge in [0.05, 0.1) is 16.7 Å². The predicted molar refractivity (Wildman–Crippen MR) is 146 cm³/mol. The van der Waals surface area contributed by atoms with Crippen LogP contribution in [0.5, 0.6) is 0 Å². The molecule has 186 valence electrons. The molecule has 0 amide bonds. The molecule has 1 aromatic heterocycles. The van der Waals surface area contributed by atoms with E-state index in [4.69, 9.17) is 0 Å². The summed E-state index contributed by atoms with van der Waals surface area (Å²) in [7, 11) is -3.36. The monoisotopic (exact) mass is 501 g/mol. The van der Waals surface area contributed by atoms with Crippen LogP contribution in [0.25, 0.3) is 33.2 Å². The molecule has 0 aliphatic heterocycles. The lowest BCUT2D eigenvalue weighted by atomic mass is 9.81. The van der Waals surface area contributed by atoms with Crippen LogP contribution in [-0.4, -0.2) is 30.7 Å². The number of aliphatic carboxylic acids is 1. The summed E-state index contributed by atoms with van der Waals surface area (Å²) < 4.78 is 24.1. The van der Waals surface area contributed by atoms with Gasteiger partial charge in [-0.05, 0) is 65.9 Å². The minimum atomic E-state index is -3.36. The zero-order valence-electron chi connectivity index (χ0n) is 21.2. The lowest BCUT2D eigenvalue weighted by Crippen LogP contribution is -2.28. The summed E-state index contributed by atoms with van der Waals surface area (Å²) in [6, 6.07) is 23.7. The van der Waals surface area contributed by atoms with Crippen molar-refractivity contribution in [3.05, 3.63) is 90.1 Å². The van der Waals surface area contributed by atoms with E-state index in [-0.39, 0.29) is 6.42 Å². The van der Waals surface area contributed by atoms with Gasteiger partial charge in [-0.1, -0.05) is 62.4 Å². The Labute approximate surface area is 212 Å².